The van der Waals surface area contributed by atoms with Gasteiger partial charge in [0.15, 0.2) is 0 Å². The van der Waals surface area contributed by atoms with E-state index in [0.717, 1.165) is 0 Å². The molecular formula is C11H13BrFNO. The van der Waals surface area contributed by atoms with Gasteiger partial charge in [0.25, 0.3) is 0 Å². The molecule has 1 rings (SSSR count). The maximum absolute atomic E-state index is 13.1. The van der Waals surface area contributed by atoms with Gasteiger partial charge in [-0.05, 0) is 27.6 Å². The lowest BCUT2D eigenvalue weighted by molar-refractivity contribution is -0.121. The van der Waals surface area contributed by atoms with Crippen LogP contribution in [0.15, 0.2) is 22.7 Å². The molecule has 0 spiro atoms. The van der Waals surface area contributed by atoms with E-state index in [0.29, 0.717) is 16.6 Å². The van der Waals surface area contributed by atoms with E-state index in [9.17, 15) is 9.18 Å². The molecule has 1 unspecified atom stereocenters. The van der Waals surface area contributed by atoms with Crippen molar-refractivity contribution in [2.24, 2.45) is 11.7 Å². The predicted molar refractivity (Wildman–Crippen MR) is 61.0 cm³/mol. The van der Waals surface area contributed by atoms with Crippen LogP contribution >= 0.6 is 15.9 Å². The van der Waals surface area contributed by atoms with E-state index in [1.807, 2.05) is 0 Å². The van der Waals surface area contributed by atoms with Gasteiger partial charge in [-0.2, -0.15) is 0 Å². The Labute approximate surface area is 96.8 Å². The lowest BCUT2D eigenvalue weighted by Gasteiger charge is -2.08. The van der Waals surface area contributed by atoms with Crippen LogP contribution in [0.3, 0.4) is 0 Å². The van der Waals surface area contributed by atoms with E-state index >= 15 is 0 Å². The van der Waals surface area contributed by atoms with Gasteiger partial charge in [0, 0.05) is 18.9 Å². The SMILES string of the molecule is CC(CN)C(=O)Cc1cccc(F)c1Br. The Morgan fingerprint density at radius 1 is 1.60 bits per heavy atom. The number of halogens is 2. The summed E-state index contributed by atoms with van der Waals surface area (Å²) in [6.07, 6.45) is 0.219. The van der Waals surface area contributed by atoms with Crippen LogP contribution in [0.2, 0.25) is 0 Å². The molecule has 4 heteroatoms. The average Bonchev–Trinajstić information content (AvgIpc) is 2.23. The third-order valence-corrected chi connectivity index (χ3v) is 3.19. The van der Waals surface area contributed by atoms with Crippen LogP contribution in [0.5, 0.6) is 0 Å². The fourth-order valence-corrected chi connectivity index (χ4v) is 1.58. The third kappa shape index (κ3) is 3.11. The smallest absolute Gasteiger partial charge is 0.141 e. The van der Waals surface area contributed by atoms with Crippen molar-refractivity contribution < 1.29 is 9.18 Å². The fourth-order valence-electron chi connectivity index (χ4n) is 1.18. The number of rotatable bonds is 4. The summed E-state index contributed by atoms with van der Waals surface area (Å²) in [6.45, 7) is 2.10. The van der Waals surface area contributed by atoms with E-state index in [1.165, 1.54) is 6.07 Å². The molecular weight excluding hydrogens is 261 g/mol. The van der Waals surface area contributed by atoms with E-state index in [2.05, 4.69) is 15.9 Å². The lowest BCUT2D eigenvalue weighted by Crippen LogP contribution is -2.22. The van der Waals surface area contributed by atoms with Gasteiger partial charge in [-0.1, -0.05) is 19.1 Å². The maximum atomic E-state index is 13.1. The van der Waals surface area contributed by atoms with E-state index < -0.39 is 0 Å². The number of ketones is 1. The minimum atomic E-state index is -0.347. The van der Waals surface area contributed by atoms with Gasteiger partial charge < -0.3 is 5.73 Å². The van der Waals surface area contributed by atoms with Crippen LogP contribution in [0.4, 0.5) is 4.39 Å². The Balaban J connectivity index is 2.81. The van der Waals surface area contributed by atoms with Crippen LogP contribution in [-0.2, 0) is 11.2 Å². The molecule has 0 aliphatic carbocycles. The minimum Gasteiger partial charge on any atom is -0.330 e. The summed E-state index contributed by atoms with van der Waals surface area (Å²) in [5, 5.41) is 0. The first kappa shape index (κ1) is 12.3. The Hall–Kier alpha value is -0.740. The summed E-state index contributed by atoms with van der Waals surface area (Å²) in [5.41, 5.74) is 6.05. The second-order valence-corrected chi connectivity index (χ2v) is 4.29. The molecule has 1 aromatic carbocycles. The molecule has 0 aliphatic heterocycles. The van der Waals surface area contributed by atoms with Gasteiger partial charge in [0.2, 0.25) is 0 Å². The maximum Gasteiger partial charge on any atom is 0.141 e. The largest absolute Gasteiger partial charge is 0.330 e. The number of carbonyl (C=O) groups is 1. The molecule has 1 atom stereocenters. The quantitative estimate of drug-likeness (QED) is 0.915. The second-order valence-electron chi connectivity index (χ2n) is 3.49. The lowest BCUT2D eigenvalue weighted by atomic mass is 10.00. The van der Waals surface area contributed by atoms with Gasteiger partial charge in [0.05, 0.1) is 4.47 Å². The monoisotopic (exact) mass is 273 g/mol. The zero-order valence-corrected chi connectivity index (χ0v) is 10.1. The fraction of sp³-hybridized carbons (Fsp3) is 0.364. The van der Waals surface area contributed by atoms with Crippen molar-refractivity contribution in [1.29, 1.82) is 0 Å². The number of benzene rings is 1. The zero-order valence-electron chi connectivity index (χ0n) is 8.47. The molecule has 82 valence electrons. The molecule has 2 nitrogen and oxygen atoms in total. The zero-order chi connectivity index (χ0) is 11.4. The van der Waals surface area contributed by atoms with Crippen LogP contribution in [-0.4, -0.2) is 12.3 Å². The van der Waals surface area contributed by atoms with E-state index in [4.69, 9.17) is 5.73 Å². The molecule has 15 heavy (non-hydrogen) atoms. The first-order valence-corrected chi connectivity index (χ1v) is 5.51. The van der Waals surface area contributed by atoms with Crippen molar-refractivity contribution in [3.63, 3.8) is 0 Å². The standard InChI is InChI=1S/C11H13BrFNO/c1-7(6-14)10(15)5-8-3-2-4-9(13)11(8)12/h2-4,7H,5-6,14H2,1H3. The molecule has 0 radical (unpaired) electrons. The molecule has 1 aromatic rings. The number of hydrogen-bond donors (Lipinski definition) is 1. The second kappa shape index (κ2) is 5.37. The van der Waals surface area contributed by atoms with Gasteiger partial charge >= 0.3 is 0 Å². The van der Waals surface area contributed by atoms with Crippen molar-refractivity contribution in [3.05, 3.63) is 34.1 Å². The highest BCUT2D eigenvalue weighted by Crippen LogP contribution is 2.21. The Morgan fingerprint density at radius 3 is 2.87 bits per heavy atom. The van der Waals surface area contributed by atoms with Crippen molar-refractivity contribution in [1.82, 2.24) is 0 Å². The first-order chi connectivity index (χ1) is 7.06. The van der Waals surface area contributed by atoms with Gasteiger partial charge in [-0.25, -0.2) is 4.39 Å². The molecule has 0 fully saturated rings. The molecule has 0 saturated heterocycles. The third-order valence-electron chi connectivity index (χ3n) is 2.30. The molecule has 2 N–H and O–H groups in total. The molecule has 0 aliphatic rings. The predicted octanol–water partition coefficient (Wildman–Crippen LogP) is 2.29. The number of hydrogen-bond acceptors (Lipinski definition) is 2. The summed E-state index contributed by atoms with van der Waals surface area (Å²) in [5.74, 6) is -0.496. The number of Topliss-reactive ketones (excluding diaryl/α,β-unsaturated/α-hetero) is 1. The van der Waals surface area contributed by atoms with Gasteiger partial charge in [-0.3, -0.25) is 4.79 Å². The molecule has 0 amide bonds. The van der Waals surface area contributed by atoms with Crippen molar-refractivity contribution >= 4 is 21.7 Å². The molecule has 0 aromatic heterocycles. The van der Waals surface area contributed by atoms with Gasteiger partial charge in [-0.15, -0.1) is 0 Å². The number of nitrogens with two attached hydrogens (primary N) is 1. The summed E-state index contributed by atoms with van der Waals surface area (Å²) in [4.78, 5) is 11.6. The molecule has 0 bridgehead atoms. The first-order valence-electron chi connectivity index (χ1n) is 4.72. The summed E-state index contributed by atoms with van der Waals surface area (Å²) in [7, 11) is 0. The summed E-state index contributed by atoms with van der Waals surface area (Å²) < 4.78 is 13.5. The normalized spacial score (nSPS) is 12.5. The Bertz CT molecular complexity index is 368. The van der Waals surface area contributed by atoms with E-state index in [1.54, 1.807) is 19.1 Å². The van der Waals surface area contributed by atoms with Gasteiger partial charge in [0.1, 0.15) is 11.6 Å². The Morgan fingerprint density at radius 2 is 2.27 bits per heavy atom. The highest BCUT2D eigenvalue weighted by atomic mass is 79.9. The highest BCUT2D eigenvalue weighted by molar-refractivity contribution is 9.10. The minimum absolute atomic E-state index is 0.0313. The topological polar surface area (TPSA) is 43.1 Å². The summed E-state index contributed by atoms with van der Waals surface area (Å²) in [6, 6.07) is 4.68. The van der Waals surface area contributed by atoms with Crippen molar-refractivity contribution in [2.75, 3.05) is 6.54 Å². The van der Waals surface area contributed by atoms with Crippen molar-refractivity contribution in [2.45, 2.75) is 13.3 Å². The van der Waals surface area contributed by atoms with Crippen LogP contribution in [0, 0.1) is 11.7 Å². The molecule has 0 saturated carbocycles. The van der Waals surface area contributed by atoms with Crippen LogP contribution in [0.25, 0.3) is 0 Å². The Kier molecular flexibility index (Phi) is 4.42. The molecule has 0 heterocycles. The average molecular weight is 274 g/mol. The van der Waals surface area contributed by atoms with Crippen molar-refractivity contribution in [3.8, 4) is 0 Å². The number of carbonyl (C=O) groups excluding carboxylic acids is 1. The van der Waals surface area contributed by atoms with Crippen LogP contribution in [0.1, 0.15) is 12.5 Å². The van der Waals surface area contributed by atoms with Crippen LogP contribution < -0.4 is 5.73 Å². The summed E-state index contributed by atoms with van der Waals surface area (Å²) >= 11 is 3.12. The highest BCUT2D eigenvalue weighted by Gasteiger charge is 2.14. The van der Waals surface area contributed by atoms with E-state index in [-0.39, 0.29) is 23.9 Å².